The summed E-state index contributed by atoms with van der Waals surface area (Å²) in [7, 11) is 0. The lowest BCUT2D eigenvalue weighted by atomic mass is 10.1. The standard InChI is InChI=1S/C9H7ClN2O/c10-4-9(13)6-1-2-7-8(3-6)12-5-11-7/h1-3,5H,4H2,(H,11,12). The van der Waals surface area contributed by atoms with Crippen LogP contribution in [0.2, 0.25) is 0 Å². The number of rotatable bonds is 2. The molecular weight excluding hydrogens is 188 g/mol. The zero-order chi connectivity index (χ0) is 9.26. The van der Waals surface area contributed by atoms with Gasteiger partial charge in [-0.15, -0.1) is 11.6 Å². The molecule has 0 aliphatic carbocycles. The van der Waals surface area contributed by atoms with Gasteiger partial charge in [0.15, 0.2) is 5.78 Å². The summed E-state index contributed by atoms with van der Waals surface area (Å²) in [5.41, 5.74) is 2.33. The van der Waals surface area contributed by atoms with Gasteiger partial charge in [-0.2, -0.15) is 0 Å². The molecule has 1 N–H and O–H groups in total. The number of aromatic amines is 1. The van der Waals surface area contributed by atoms with Gasteiger partial charge in [0.1, 0.15) is 0 Å². The Kier molecular flexibility index (Phi) is 2.02. The summed E-state index contributed by atoms with van der Waals surface area (Å²) in [4.78, 5) is 18.2. The number of aromatic nitrogens is 2. The number of fused-ring (bicyclic) bond motifs is 1. The molecule has 1 heterocycles. The van der Waals surface area contributed by atoms with Gasteiger partial charge in [0, 0.05) is 5.56 Å². The summed E-state index contributed by atoms with van der Waals surface area (Å²) in [5.74, 6) is -0.0576. The maximum Gasteiger partial charge on any atom is 0.177 e. The van der Waals surface area contributed by atoms with Crippen molar-refractivity contribution >= 4 is 28.4 Å². The maximum absolute atomic E-state index is 11.2. The number of carbonyl (C=O) groups is 1. The van der Waals surface area contributed by atoms with Crippen molar-refractivity contribution in [3.05, 3.63) is 30.1 Å². The number of alkyl halides is 1. The fourth-order valence-corrected chi connectivity index (χ4v) is 1.34. The van der Waals surface area contributed by atoms with Crippen LogP contribution in [0.4, 0.5) is 0 Å². The molecule has 0 fully saturated rings. The summed E-state index contributed by atoms with van der Waals surface area (Å²) in [6, 6.07) is 5.28. The molecule has 2 aromatic rings. The number of hydrogen-bond donors (Lipinski definition) is 1. The Bertz CT molecular complexity index is 450. The molecular formula is C9H7ClN2O. The zero-order valence-electron chi connectivity index (χ0n) is 6.75. The van der Waals surface area contributed by atoms with Gasteiger partial charge in [0.05, 0.1) is 23.2 Å². The molecule has 3 nitrogen and oxygen atoms in total. The van der Waals surface area contributed by atoms with Gasteiger partial charge in [-0.1, -0.05) is 0 Å². The molecule has 4 heteroatoms. The van der Waals surface area contributed by atoms with E-state index in [0.717, 1.165) is 11.0 Å². The van der Waals surface area contributed by atoms with Crippen molar-refractivity contribution in [2.45, 2.75) is 0 Å². The largest absolute Gasteiger partial charge is 0.345 e. The van der Waals surface area contributed by atoms with Crippen LogP contribution >= 0.6 is 11.6 Å². The zero-order valence-corrected chi connectivity index (χ0v) is 7.51. The monoisotopic (exact) mass is 194 g/mol. The van der Waals surface area contributed by atoms with Gasteiger partial charge in [-0.25, -0.2) is 4.98 Å². The van der Waals surface area contributed by atoms with Crippen molar-refractivity contribution in [1.29, 1.82) is 0 Å². The van der Waals surface area contributed by atoms with E-state index in [-0.39, 0.29) is 11.7 Å². The number of nitrogens with one attached hydrogen (secondary N) is 1. The van der Waals surface area contributed by atoms with Crippen molar-refractivity contribution in [3.63, 3.8) is 0 Å². The summed E-state index contributed by atoms with van der Waals surface area (Å²) in [6.07, 6.45) is 1.60. The van der Waals surface area contributed by atoms with Gasteiger partial charge in [-0.05, 0) is 18.2 Å². The van der Waals surface area contributed by atoms with Crippen molar-refractivity contribution in [2.75, 3.05) is 5.88 Å². The van der Waals surface area contributed by atoms with Crippen LogP contribution in [0.15, 0.2) is 24.5 Å². The van der Waals surface area contributed by atoms with E-state index >= 15 is 0 Å². The molecule has 0 bridgehead atoms. The minimum Gasteiger partial charge on any atom is -0.345 e. The average molecular weight is 195 g/mol. The number of halogens is 1. The number of benzene rings is 1. The third-order valence-electron chi connectivity index (χ3n) is 1.86. The number of carbonyl (C=O) groups excluding carboxylic acids is 1. The lowest BCUT2D eigenvalue weighted by Gasteiger charge is -1.95. The lowest BCUT2D eigenvalue weighted by molar-refractivity contribution is 0.102. The summed E-state index contributed by atoms with van der Waals surface area (Å²) in [5, 5.41) is 0. The summed E-state index contributed by atoms with van der Waals surface area (Å²) < 4.78 is 0. The van der Waals surface area contributed by atoms with E-state index in [1.54, 1.807) is 24.5 Å². The highest BCUT2D eigenvalue weighted by molar-refractivity contribution is 6.30. The Morgan fingerprint density at radius 3 is 3.15 bits per heavy atom. The first-order chi connectivity index (χ1) is 6.31. The predicted octanol–water partition coefficient (Wildman–Crippen LogP) is 1.98. The van der Waals surface area contributed by atoms with Gasteiger partial charge in [-0.3, -0.25) is 4.79 Å². The SMILES string of the molecule is O=C(CCl)c1ccc2nc[nH]c2c1. The molecule has 1 aromatic heterocycles. The van der Waals surface area contributed by atoms with E-state index in [2.05, 4.69) is 9.97 Å². The Balaban J connectivity index is 2.54. The molecule has 0 spiro atoms. The molecule has 0 unspecified atom stereocenters. The summed E-state index contributed by atoms with van der Waals surface area (Å²) >= 11 is 5.44. The van der Waals surface area contributed by atoms with Crippen molar-refractivity contribution in [3.8, 4) is 0 Å². The molecule has 66 valence electrons. The number of Topliss-reactive ketones (excluding diaryl/α,β-unsaturated/α-hetero) is 1. The van der Waals surface area contributed by atoms with E-state index in [1.165, 1.54) is 0 Å². The van der Waals surface area contributed by atoms with Crippen LogP contribution in [0.1, 0.15) is 10.4 Å². The Hall–Kier alpha value is -1.35. The van der Waals surface area contributed by atoms with Gasteiger partial charge >= 0.3 is 0 Å². The number of nitrogens with zero attached hydrogens (tertiary/aromatic N) is 1. The second kappa shape index (κ2) is 3.18. The fraction of sp³-hybridized carbons (Fsp3) is 0.111. The minimum absolute atomic E-state index is 0.0135. The molecule has 0 atom stereocenters. The third kappa shape index (κ3) is 1.42. The van der Waals surface area contributed by atoms with Crippen LogP contribution < -0.4 is 0 Å². The van der Waals surface area contributed by atoms with Crippen LogP contribution in [0.5, 0.6) is 0 Å². The molecule has 13 heavy (non-hydrogen) atoms. The van der Waals surface area contributed by atoms with E-state index in [0.29, 0.717) is 5.56 Å². The second-order valence-electron chi connectivity index (χ2n) is 2.69. The Morgan fingerprint density at radius 2 is 2.38 bits per heavy atom. The van der Waals surface area contributed by atoms with Crippen LogP contribution in [-0.4, -0.2) is 21.6 Å². The highest BCUT2D eigenvalue weighted by Gasteiger charge is 2.05. The topological polar surface area (TPSA) is 45.8 Å². The van der Waals surface area contributed by atoms with Crippen LogP contribution in [-0.2, 0) is 0 Å². The van der Waals surface area contributed by atoms with Crippen LogP contribution in [0.25, 0.3) is 11.0 Å². The first-order valence-corrected chi connectivity index (χ1v) is 4.37. The molecule has 0 saturated carbocycles. The number of ketones is 1. The molecule has 0 saturated heterocycles. The normalized spacial score (nSPS) is 10.5. The molecule has 0 radical (unpaired) electrons. The predicted molar refractivity (Wildman–Crippen MR) is 51.1 cm³/mol. The van der Waals surface area contributed by atoms with E-state index < -0.39 is 0 Å². The van der Waals surface area contributed by atoms with E-state index in [4.69, 9.17) is 11.6 Å². The van der Waals surface area contributed by atoms with Crippen molar-refractivity contribution in [1.82, 2.24) is 9.97 Å². The Morgan fingerprint density at radius 1 is 1.54 bits per heavy atom. The van der Waals surface area contributed by atoms with E-state index in [9.17, 15) is 4.79 Å². The smallest absolute Gasteiger partial charge is 0.177 e. The van der Waals surface area contributed by atoms with Crippen LogP contribution in [0, 0.1) is 0 Å². The molecule has 0 amide bonds. The van der Waals surface area contributed by atoms with Crippen molar-refractivity contribution in [2.24, 2.45) is 0 Å². The fourth-order valence-electron chi connectivity index (χ4n) is 1.19. The molecule has 0 aliphatic rings. The highest BCUT2D eigenvalue weighted by atomic mass is 35.5. The van der Waals surface area contributed by atoms with Gasteiger partial charge in [0.2, 0.25) is 0 Å². The maximum atomic E-state index is 11.2. The van der Waals surface area contributed by atoms with Crippen LogP contribution in [0.3, 0.4) is 0 Å². The third-order valence-corrected chi connectivity index (χ3v) is 2.11. The molecule has 1 aromatic carbocycles. The van der Waals surface area contributed by atoms with Crippen molar-refractivity contribution < 1.29 is 4.79 Å². The quantitative estimate of drug-likeness (QED) is 0.587. The lowest BCUT2D eigenvalue weighted by Crippen LogP contribution is -1.99. The minimum atomic E-state index is -0.0711. The number of H-pyrrole nitrogens is 1. The first-order valence-electron chi connectivity index (χ1n) is 3.83. The van der Waals surface area contributed by atoms with Gasteiger partial charge in [0.25, 0.3) is 0 Å². The molecule has 2 rings (SSSR count). The number of hydrogen-bond acceptors (Lipinski definition) is 2. The molecule has 0 aliphatic heterocycles. The highest BCUT2D eigenvalue weighted by Crippen LogP contribution is 2.12. The van der Waals surface area contributed by atoms with E-state index in [1.807, 2.05) is 0 Å². The first kappa shape index (κ1) is 8.26. The Labute approximate surface area is 79.7 Å². The average Bonchev–Trinajstić information content (AvgIpc) is 2.63. The summed E-state index contributed by atoms with van der Waals surface area (Å²) in [6.45, 7) is 0. The second-order valence-corrected chi connectivity index (χ2v) is 2.96. The number of imidazole rings is 1. The van der Waals surface area contributed by atoms with Gasteiger partial charge < -0.3 is 4.98 Å².